The fraction of sp³-hybridized carbons (Fsp3) is 0.100. The third-order valence-electron chi connectivity index (χ3n) is 3.85. The Hall–Kier alpha value is -3.28. The number of rotatable bonds is 5. The molecule has 0 radical (unpaired) electrons. The van der Waals surface area contributed by atoms with Gasteiger partial charge in [0.05, 0.1) is 17.4 Å². The van der Waals surface area contributed by atoms with E-state index in [-0.39, 0.29) is 5.56 Å². The van der Waals surface area contributed by atoms with Crippen molar-refractivity contribution < 1.29 is 13.6 Å². The van der Waals surface area contributed by atoms with Crippen molar-refractivity contribution in [1.82, 2.24) is 4.98 Å². The molecule has 0 atom stereocenters. The molecule has 0 aliphatic carbocycles. The van der Waals surface area contributed by atoms with Crippen molar-refractivity contribution in [2.45, 2.75) is 13.3 Å². The molecular weight excluding hydrogens is 336 g/mol. The van der Waals surface area contributed by atoms with E-state index in [1.165, 1.54) is 17.8 Å². The summed E-state index contributed by atoms with van der Waals surface area (Å²) < 4.78 is 27.3. The van der Waals surface area contributed by atoms with E-state index >= 15 is 0 Å². The zero-order chi connectivity index (χ0) is 18.5. The molecule has 0 unspecified atom stereocenters. The van der Waals surface area contributed by atoms with Gasteiger partial charge in [-0.15, -0.1) is 0 Å². The van der Waals surface area contributed by atoms with Crippen LogP contribution in [0.2, 0.25) is 0 Å². The highest BCUT2D eigenvalue weighted by molar-refractivity contribution is 6.04. The number of carbonyl (C=O) groups excluding carboxylic acids is 1. The van der Waals surface area contributed by atoms with Gasteiger partial charge in [0.2, 0.25) is 0 Å². The molecule has 0 spiro atoms. The minimum atomic E-state index is -0.836. The fourth-order valence-electron chi connectivity index (χ4n) is 2.43. The van der Waals surface area contributed by atoms with Crippen LogP contribution in [0.25, 0.3) is 0 Å². The van der Waals surface area contributed by atoms with Crippen LogP contribution in [0.15, 0.2) is 60.9 Å². The van der Waals surface area contributed by atoms with Gasteiger partial charge in [0.1, 0.15) is 17.3 Å². The first-order valence-electron chi connectivity index (χ1n) is 8.13. The summed E-state index contributed by atoms with van der Waals surface area (Å²) in [5.74, 6) is -2.32. The number of hydrogen-bond acceptors (Lipinski definition) is 3. The summed E-state index contributed by atoms with van der Waals surface area (Å²) in [6, 6.07) is 12.8. The molecule has 0 aliphatic heterocycles. The minimum absolute atomic E-state index is 0.183. The number of anilines is 3. The zero-order valence-electron chi connectivity index (χ0n) is 14.1. The van der Waals surface area contributed by atoms with Crippen LogP contribution in [0, 0.1) is 11.6 Å². The number of hydrogen-bond donors (Lipinski definition) is 2. The number of aromatic nitrogens is 1. The molecular formula is C20H17F2N3O. The third-order valence-corrected chi connectivity index (χ3v) is 3.85. The van der Waals surface area contributed by atoms with E-state index in [0.717, 1.165) is 24.2 Å². The number of amides is 1. The number of halogens is 2. The molecule has 0 aliphatic rings. The van der Waals surface area contributed by atoms with Gasteiger partial charge in [0.25, 0.3) is 5.91 Å². The Morgan fingerprint density at radius 1 is 1.00 bits per heavy atom. The lowest BCUT2D eigenvalue weighted by Gasteiger charge is -2.10. The fourth-order valence-corrected chi connectivity index (χ4v) is 2.43. The van der Waals surface area contributed by atoms with Gasteiger partial charge in [-0.2, -0.15) is 0 Å². The average molecular weight is 353 g/mol. The predicted molar refractivity (Wildman–Crippen MR) is 97.7 cm³/mol. The molecule has 1 amide bonds. The maximum absolute atomic E-state index is 13.7. The molecule has 3 aromatic rings. The summed E-state index contributed by atoms with van der Waals surface area (Å²) in [5, 5.41) is 5.39. The average Bonchev–Trinajstić information content (AvgIpc) is 2.65. The molecule has 1 aromatic heterocycles. The van der Waals surface area contributed by atoms with E-state index in [9.17, 15) is 13.6 Å². The van der Waals surface area contributed by atoms with Crippen molar-refractivity contribution in [3.63, 3.8) is 0 Å². The maximum Gasteiger partial charge on any atom is 0.257 e. The zero-order valence-corrected chi connectivity index (χ0v) is 14.1. The number of para-hydroxylation sites is 1. The monoisotopic (exact) mass is 353 g/mol. The van der Waals surface area contributed by atoms with Gasteiger partial charge in [0.15, 0.2) is 0 Å². The van der Waals surface area contributed by atoms with Gasteiger partial charge in [0, 0.05) is 11.9 Å². The van der Waals surface area contributed by atoms with Crippen LogP contribution < -0.4 is 10.6 Å². The molecule has 1 heterocycles. The first-order valence-corrected chi connectivity index (χ1v) is 8.13. The number of benzene rings is 2. The summed E-state index contributed by atoms with van der Waals surface area (Å²) in [5.41, 5.74) is 2.36. The van der Waals surface area contributed by atoms with Crippen LogP contribution >= 0.6 is 0 Å². The van der Waals surface area contributed by atoms with Gasteiger partial charge in [-0.05, 0) is 42.3 Å². The van der Waals surface area contributed by atoms with Crippen LogP contribution in [0.5, 0.6) is 0 Å². The molecule has 132 valence electrons. The van der Waals surface area contributed by atoms with Crippen molar-refractivity contribution in [2.24, 2.45) is 0 Å². The largest absolute Gasteiger partial charge is 0.354 e. The highest BCUT2D eigenvalue weighted by atomic mass is 19.1. The number of aryl methyl sites for hydroxylation is 1. The first-order chi connectivity index (χ1) is 12.6. The van der Waals surface area contributed by atoms with Gasteiger partial charge < -0.3 is 10.6 Å². The molecule has 0 bridgehead atoms. The maximum atomic E-state index is 13.7. The molecule has 4 nitrogen and oxygen atoms in total. The van der Waals surface area contributed by atoms with Gasteiger partial charge >= 0.3 is 0 Å². The number of nitrogens with one attached hydrogen (secondary N) is 2. The normalized spacial score (nSPS) is 10.4. The van der Waals surface area contributed by atoms with Crippen molar-refractivity contribution in [1.29, 1.82) is 0 Å². The SMILES string of the molecule is CCc1ccc(Nc2cncc(C(=O)Nc3c(F)cccc3F)c2)cc1. The van der Waals surface area contributed by atoms with E-state index in [1.807, 2.05) is 24.3 Å². The smallest absolute Gasteiger partial charge is 0.257 e. The number of pyridine rings is 1. The van der Waals surface area contributed by atoms with Crippen molar-refractivity contribution in [3.05, 3.63) is 83.7 Å². The summed E-state index contributed by atoms with van der Waals surface area (Å²) in [6.45, 7) is 2.08. The van der Waals surface area contributed by atoms with Gasteiger partial charge in [-0.1, -0.05) is 25.1 Å². The Morgan fingerprint density at radius 3 is 2.35 bits per heavy atom. The predicted octanol–water partition coefficient (Wildman–Crippen LogP) is 4.92. The summed E-state index contributed by atoms with van der Waals surface area (Å²) in [6.07, 6.45) is 3.84. The topological polar surface area (TPSA) is 54.0 Å². The van der Waals surface area contributed by atoms with Crippen LogP contribution in [-0.2, 0) is 6.42 Å². The van der Waals surface area contributed by atoms with Crippen LogP contribution in [0.3, 0.4) is 0 Å². The Morgan fingerprint density at radius 2 is 1.69 bits per heavy atom. The van der Waals surface area contributed by atoms with Gasteiger partial charge in [-0.25, -0.2) is 8.78 Å². The first kappa shape index (κ1) is 17.5. The molecule has 0 saturated carbocycles. The van der Waals surface area contributed by atoms with E-state index in [4.69, 9.17) is 0 Å². The Balaban J connectivity index is 1.76. The molecule has 0 saturated heterocycles. The van der Waals surface area contributed by atoms with E-state index in [2.05, 4.69) is 22.5 Å². The summed E-state index contributed by atoms with van der Waals surface area (Å²) in [7, 11) is 0. The standard InChI is InChI=1S/C20H17F2N3O/c1-2-13-6-8-15(9-7-13)24-16-10-14(11-23-12-16)20(26)25-19-17(21)4-3-5-18(19)22/h3-12,24H,2H2,1H3,(H,25,26). The molecule has 6 heteroatoms. The lowest BCUT2D eigenvalue weighted by molar-refractivity contribution is 0.102. The molecule has 2 aromatic carbocycles. The Labute approximate surface area is 149 Å². The van der Waals surface area contributed by atoms with Crippen LogP contribution in [0.4, 0.5) is 25.8 Å². The number of carbonyl (C=O) groups is 1. The Kier molecular flexibility index (Phi) is 5.22. The Bertz CT molecular complexity index is 906. The van der Waals surface area contributed by atoms with E-state index in [0.29, 0.717) is 5.69 Å². The molecule has 3 rings (SSSR count). The van der Waals surface area contributed by atoms with Gasteiger partial charge in [-0.3, -0.25) is 9.78 Å². The van der Waals surface area contributed by atoms with Crippen molar-refractivity contribution in [2.75, 3.05) is 10.6 Å². The second-order valence-corrected chi connectivity index (χ2v) is 5.69. The lowest BCUT2D eigenvalue weighted by Crippen LogP contribution is -2.14. The summed E-state index contributed by atoms with van der Waals surface area (Å²) in [4.78, 5) is 16.3. The summed E-state index contributed by atoms with van der Waals surface area (Å²) >= 11 is 0. The van der Waals surface area contributed by atoms with E-state index < -0.39 is 23.2 Å². The minimum Gasteiger partial charge on any atom is -0.354 e. The highest BCUT2D eigenvalue weighted by Gasteiger charge is 2.14. The van der Waals surface area contributed by atoms with Crippen molar-refractivity contribution >= 4 is 23.0 Å². The third kappa shape index (κ3) is 4.03. The second-order valence-electron chi connectivity index (χ2n) is 5.69. The van der Waals surface area contributed by atoms with Crippen molar-refractivity contribution in [3.8, 4) is 0 Å². The molecule has 2 N–H and O–H groups in total. The highest BCUT2D eigenvalue weighted by Crippen LogP contribution is 2.21. The molecule has 26 heavy (non-hydrogen) atoms. The second kappa shape index (κ2) is 7.74. The van der Waals surface area contributed by atoms with E-state index in [1.54, 1.807) is 12.3 Å². The molecule has 0 fully saturated rings. The quantitative estimate of drug-likeness (QED) is 0.685. The van der Waals surface area contributed by atoms with Crippen LogP contribution in [-0.4, -0.2) is 10.9 Å². The number of nitrogens with zero attached hydrogens (tertiary/aromatic N) is 1. The van der Waals surface area contributed by atoms with Crippen LogP contribution in [0.1, 0.15) is 22.8 Å². The lowest BCUT2D eigenvalue weighted by atomic mass is 10.1.